The number of carboxylic acids is 1. The van der Waals surface area contributed by atoms with Gasteiger partial charge in [0.25, 0.3) is 0 Å². The number of aliphatic carboxylic acids is 1. The normalized spacial score (nSPS) is 36.7. The van der Waals surface area contributed by atoms with Crippen molar-refractivity contribution in [2.45, 2.75) is 43.9 Å². The lowest BCUT2D eigenvalue weighted by Gasteiger charge is -2.57. The van der Waals surface area contributed by atoms with Crippen LogP contribution in [-0.2, 0) is 10.2 Å². The van der Waals surface area contributed by atoms with E-state index in [1.165, 1.54) is 44.1 Å². The summed E-state index contributed by atoms with van der Waals surface area (Å²) in [7, 11) is 0. The van der Waals surface area contributed by atoms with Crippen LogP contribution in [-0.4, -0.2) is 12.6 Å². The Bertz CT molecular complexity index is 511. The van der Waals surface area contributed by atoms with E-state index in [1.807, 2.05) is 12.1 Å². The molecule has 0 N–H and O–H groups in total. The van der Waals surface area contributed by atoms with Gasteiger partial charge in [0.2, 0.25) is 0 Å². The molecule has 0 radical (unpaired) electrons. The summed E-state index contributed by atoms with van der Waals surface area (Å²) in [6.07, 6.45) is 8.39. The average molecular weight is 285 g/mol. The molecule has 0 atom stereocenters. The van der Waals surface area contributed by atoms with E-state index in [9.17, 15) is 9.90 Å². The number of benzene rings is 1. The summed E-state index contributed by atoms with van der Waals surface area (Å²) >= 11 is 0. The summed E-state index contributed by atoms with van der Waals surface area (Å²) in [5.74, 6) is 2.24. The predicted molar refractivity (Wildman–Crippen MR) is 76.8 cm³/mol. The van der Waals surface area contributed by atoms with Gasteiger partial charge in [0.05, 0.1) is 5.97 Å². The molecule has 0 saturated heterocycles. The van der Waals surface area contributed by atoms with Crippen molar-refractivity contribution in [2.24, 2.45) is 17.8 Å². The minimum Gasteiger partial charge on any atom is -0.546 e. The van der Waals surface area contributed by atoms with Gasteiger partial charge in [0.1, 0.15) is 12.4 Å². The predicted octanol–water partition coefficient (Wildman–Crippen LogP) is 2.28. The number of carbonyl (C=O) groups is 1. The molecule has 1 aromatic rings. The maximum absolute atomic E-state index is 10.4. The van der Waals surface area contributed by atoms with Gasteiger partial charge < -0.3 is 14.6 Å². The first kappa shape index (κ1) is 13.2. The summed E-state index contributed by atoms with van der Waals surface area (Å²) in [6.45, 7) is -0.378. The van der Waals surface area contributed by atoms with Crippen LogP contribution in [0.25, 0.3) is 0 Å². The molecule has 4 saturated carbocycles. The van der Waals surface area contributed by atoms with Crippen molar-refractivity contribution in [2.75, 3.05) is 6.61 Å². The van der Waals surface area contributed by atoms with E-state index >= 15 is 0 Å². The molecule has 0 amide bonds. The monoisotopic (exact) mass is 285 g/mol. The average Bonchev–Trinajstić information content (AvgIpc) is 2.44. The first-order valence-electron chi connectivity index (χ1n) is 8.06. The highest BCUT2D eigenvalue weighted by molar-refractivity contribution is 5.66. The summed E-state index contributed by atoms with van der Waals surface area (Å²) < 4.78 is 5.18. The molecular weight excluding hydrogens is 264 g/mol. The third-order valence-corrected chi connectivity index (χ3v) is 5.86. The Balaban J connectivity index is 1.54. The van der Waals surface area contributed by atoms with Crippen molar-refractivity contribution >= 4 is 5.97 Å². The molecule has 4 aliphatic rings. The van der Waals surface area contributed by atoms with Gasteiger partial charge in [-0.1, -0.05) is 12.1 Å². The third kappa shape index (κ3) is 2.33. The molecule has 112 valence electrons. The van der Waals surface area contributed by atoms with Crippen molar-refractivity contribution < 1.29 is 14.6 Å². The second kappa shape index (κ2) is 4.75. The van der Waals surface area contributed by atoms with Gasteiger partial charge in [0, 0.05) is 0 Å². The zero-order chi connectivity index (χ0) is 14.4. The molecular formula is C18H21O3-. The van der Waals surface area contributed by atoms with Crippen molar-refractivity contribution in [1.82, 2.24) is 0 Å². The molecule has 5 rings (SSSR count). The number of ether oxygens (including phenoxy) is 1. The van der Waals surface area contributed by atoms with Gasteiger partial charge in [-0.2, -0.15) is 0 Å². The molecule has 0 aliphatic heterocycles. The van der Waals surface area contributed by atoms with Crippen molar-refractivity contribution in [1.29, 1.82) is 0 Å². The van der Waals surface area contributed by atoms with Gasteiger partial charge in [-0.05, 0) is 79.4 Å². The minimum atomic E-state index is -1.18. The van der Waals surface area contributed by atoms with Crippen LogP contribution in [0.4, 0.5) is 0 Å². The first-order valence-corrected chi connectivity index (χ1v) is 8.06. The van der Waals surface area contributed by atoms with Crippen LogP contribution >= 0.6 is 0 Å². The summed E-state index contributed by atoms with van der Waals surface area (Å²) in [6, 6.07) is 8.13. The van der Waals surface area contributed by atoms with E-state index in [-0.39, 0.29) is 6.61 Å². The third-order valence-electron chi connectivity index (χ3n) is 5.86. The van der Waals surface area contributed by atoms with E-state index < -0.39 is 5.97 Å². The van der Waals surface area contributed by atoms with Crippen LogP contribution in [0.2, 0.25) is 0 Å². The maximum atomic E-state index is 10.4. The second-order valence-electron chi connectivity index (χ2n) is 7.38. The summed E-state index contributed by atoms with van der Waals surface area (Å²) in [4.78, 5) is 10.4. The van der Waals surface area contributed by atoms with E-state index in [0.29, 0.717) is 11.2 Å². The van der Waals surface area contributed by atoms with Gasteiger partial charge in [0.15, 0.2) is 0 Å². The topological polar surface area (TPSA) is 49.4 Å². The summed E-state index contributed by atoms with van der Waals surface area (Å²) in [5, 5.41) is 10.4. The molecule has 0 spiro atoms. The minimum absolute atomic E-state index is 0.378. The fourth-order valence-corrected chi connectivity index (χ4v) is 5.51. The first-order chi connectivity index (χ1) is 10.1. The Morgan fingerprint density at radius 2 is 1.57 bits per heavy atom. The van der Waals surface area contributed by atoms with Crippen LogP contribution in [0.5, 0.6) is 5.75 Å². The highest BCUT2D eigenvalue weighted by atomic mass is 16.5. The lowest BCUT2D eigenvalue weighted by molar-refractivity contribution is -0.307. The Kier molecular flexibility index (Phi) is 2.98. The molecule has 0 heterocycles. The molecule has 0 unspecified atom stereocenters. The highest BCUT2D eigenvalue weighted by Gasteiger charge is 2.51. The number of hydrogen-bond acceptors (Lipinski definition) is 3. The zero-order valence-corrected chi connectivity index (χ0v) is 12.2. The number of carboxylic acid groups (broad SMARTS) is 1. The van der Waals surface area contributed by atoms with E-state index in [1.54, 1.807) is 0 Å². The van der Waals surface area contributed by atoms with Crippen LogP contribution in [0.3, 0.4) is 0 Å². The van der Waals surface area contributed by atoms with Gasteiger partial charge in [-0.3, -0.25) is 0 Å². The molecule has 4 aliphatic carbocycles. The van der Waals surface area contributed by atoms with Gasteiger partial charge in [-0.25, -0.2) is 0 Å². The van der Waals surface area contributed by atoms with Crippen LogP contribution in [0.15, 0.2) is 24.3 Å². The lowest BCUT2D eigenvalue weighted by atomic mass is 9.48. The summed E-state index contributed by atoms with van der Waals surface area (Å²) in [5.41, 5.74) is 1.82. The Hall–Kier alpha value is -1.51. The standard InChI is InChI=1S/C18H22O3/c19-17(20)11-21-16-3-1-15(2-4-16)18-8-12-5-13(9-18)7-14(6-12)10-18/h1-4,12-14H,5-11H2,(H,19,20)/p-1. The number of carbonyl (C=O) groups excluding carboxylic acids is 1. The molecule has 0 aromatic heterocycles. The molecule has 21 heavy (non-hydrogen) atoms. The van der Waals surface area contributed by atoms with E-state index in [4.69, 9.17) is 4.74 Å². The molecule has 3 nitrogen and oxygen atoms in total. The van der Waals surface area contributed by atoms with E-state index in [0.717, 1.165) is 17.8 Å². The number of hydrogen-bond donors (Lipinski definition) is 0. The van der Waals surface area contributed by atoms with Crippen LogP contribution < -0.4 is 9.84 Å². The van der Waals surface area contributed by atoms with E-state index in [2.05, 4.69) is 12.1 Å². The van der Waals surface area contributed by atoms with Gasteiger partial charge >= 0.3 is 0 Å². The second-order valence-corrected chi connectivity index (χ2v) is 7.38. The number of rotatable bonds is 4. The molecule has 1 aromatic carbocycles. The Morgan fingerprint density at radius 3 is 2.05 bits per heavy atom. The molecule has 3 heteroatoms. The van der Waals surface area contributed by atoms with Gasteiger partial charge in [-0.15, -0.1) is 0 Å². The zero-order valence-electron chi connectivity index (χ0n) is 12.2. The largest absolute Gasteiger partial charge is 0.546 e. The molecule has 4 fully saturated rings. The highest BCUT2D eigenvalue weighted by Crippen LogP contribution is 2.60. The SMILES string of the molecule is O=C([O-])COc1ccc(C23CC4CC(CC(C4)C2)C3)cc1. The van der Waals surface area contributed by atoms with Crippen LogP contribution in [0, 0.1) is 17.8 Å². The molecule has 4 bridgehead atoms. The van der Waals surface area contributed by atoms with Crippen molar-refractivity contribution in [3.8, 4) is 5.75 Å². The Labute approximate surface area is 125 Å². The fourth-order valence-electron chi connectivity index (χ4n) is 5.51. The maximum Gasteiger partial charge on any atom is 0.128 e. The van der Waals surface area contributed by atoms with Crippen molar-refractivity contribution in [3.05, 3.63) is 29.8 Å². The smallest absolute Gasteiger partial charge is 0.128 e. The fraction of sp³-hybridized carbons (Fsp3) is 0.611. The van der Waals surface area contributed by atoms with Crippen LogP contribution in [0.1, 0.15) is 44.1 Å². The lowest BCUT2D eigenvalue weighted by Crippen LogP contribution is -2.48. The quantitative estimate of drug-likeness (QED) is 0.852. The Morgan fingerprint density at radius 1 is 1.05 bits per heavy atom. The van der Waals surface area contributed by atoms with Crippen molar-refractivity contribution in [3.63, 3.8) is 0 Å².